The van der Waals surface area contributed by atoms with Crippen molar-refractivity contribution in [3.8, 4) is 5.88 Å². The Labute approximate surface area is 125 Å². The molecule has 0 saturated carbocycles. The van der Waals surface area contributed by atoms with Gasteiger partial charge in [-0.3, -0.25) is 0 Å². The van der Waals surface area contributed by atoms with E-state index in [1.807, 2.05) is 12.3 Å². The van der Waals surface area contributed by atoms with Gasteiger partial charge in [0, 0.05) is 30.1 Å². The Bertz CT molecular complexity index is 480. The average molecular weight is 290 g/mol. The number of aromatic nitrogens is 1. The molecular formula is C16H22N2OS. The molecular weight excluding hydrogens is 268 g/mol. The Morgan fingerprint density at radius 1 is 1.30 bits per heavy atom. The van der Waals surface area contributed by atoms with Gasteiger partial charge in [-0.05, 0) is 29.5 Å². The molecule has 0 aliphatic carbocycles. The number of thiophene rings is 1. The predicted octanol–water partition coefficient (Wildman–Crippen LogP) is 3.51. The van der Waals surface area contributed by atoms with Crippen LogP contribution in [0.1, 0.15) is 24.3 Å². The van der Waals surface area contributed by atoms with Gasteiger partial charge in [0.15, 0.2) is 0 Å². The number of ether oxygens (including phenoxy) is 1. The molecule has 0 bridgehead atoms. The Kier molecular flexibility index (Phi) is 6.02. The zero-order chi connectivity index (χ0) is 14.2. The highest BCUT2D eigenvalue weighted by Gasteiger charge is 1.99. The molecule has 0 saturated heterocycles. The van der Waals surface area contributed by atoms with Gasteiger partial charge in [-0.15, -0.1) is 11.3 Å². The molecule has 2 aromatic rings. The SMILES string of the molecule is CC(C)CNCc1ccc(OCCc2cccs2)nc1. The summed E-state index contributed by atoms with van der Waals surface area (Å²) in [5.41, 5.74) is 1.19. The highest BCUT2D eigenvalue weighted by atomic mass is 32.1. The monoisotopic (exact) mass is 290 g/mol. The summed E-state index contributed by atoms with van der Waals surface area (Å²) in [6.45, 7) is 6.98. The normalized spacial score (nSPS) is 10.9. The fourth-order valence-corrected chi connectivity index (χ4v) is 2.51. The van der Waals surface area contributed by atoms with Gasteiger partial charge in [0.25, 0.3) is 0 Å². The number of nitrogens with zero attached hydrogens (tertiary/aromatic N) is 1. The van der Waals surface area contributed by atoms with Gasteiger partial charge in [-0.1, -0.05) is 26.0 Å². The molecule has 0 unspecified atom stereocenters. The van der Waals surface area contributed by atoms with Crippen LogP contribution in [-0.2, 0) is 13.0 Å². The standard InChI is InChI=1S/C16H22N2OS/c1-13(2)10-17-11-14-5-6-16(18-12-14)19-8-7-15-4-3-9-20-15/h3-6,9,12-13,17H,7-8,10-11H2,1-2H3. The third-order valence-corrected chi connectivity index (χ3v) is 3.79. The van der Waals surface area contributed by atoms with Crippen LogP contribution in [0.5, 0.6) is 5.88 Å². The van der Waals surface area contributed by atoms with Gasteiger partial charge in [-0.25, -0.2) is 4.98 Å². The van der Waals surface area contributed by atoms with Crippen molar-refractivity contribution in [2.75, 3.05) is 13.2 Å². The van der Waals surface area contributed by atoms with Crippen LogP contribution in [0, 0.1) is 5.92 Å². The summed E-state index contributed by atoms with van der Waals surface area (Å²) in [4.78, 5) is 5.68. The molecule has 3 nitrogen and oxygen atoms in total. The van der Waals surface area contributed by atoms with Crippen LogP contribution in [-0.4, -0.2) is 18.1 Å². The minimum atomic E-state index is 0.669. The second kappa shape index (κ2) is 8.02. The van der Waals surface area contributed by atoms with Crippen LogP contribution in [0.2, 0.25) is 0 Å². The number of rotatable bonds is 8. The van der Waals surface area contributed by atoms with Crippen LogP contribution in [0.3, 0.4) is 0 Å². The Hall–Kier alpha value is -1.39. The lowest BCUT2D eigenvalue weighted by Crippen LogP contribution is -2.19. The van der Waals surface area contributed by atoms with Gasteiger partial charge in [0.1, 0.15) is 0 Å². The van der Waals surface area contributed by atoms with Crippen LogP contribution < -0.4 is 10.1 Å². The summed E-state index contributed by atoms with van der Waals surface area (Å²) in [5.74, 6) is 1.37. The third kappa shape index (κ3) is 5.31. The molecule has 0 aliphatic rings. The van der Waals surface area contributed by atoms with Crippen molar-refractivity contribution < 1.29 is 4.74 Å². The molecule has 2 aromatic heterocycles. The largest absolute Gasteiger partial charge is 0.477 e. The van der Waals surface area contributed by atoms with Gasteiger partial charge < -0.3 is 10.1 Å². The first-order valence-electron chi connectivity index (χ1n) is 7.05. The molecule has 0 aliphatic heterocycles. The summed E-state index contributed by atoms with van der Waals surface area (Å²) in [5, 5.41) is 5.49. The van der Waals surface area contributed by atoms with E-state index in [1.54, 1.807) is 11.3 Å². The van der Waals surface area contributed by atoms with Gasteiger partial charge in [0.2, 0.25) is 5.88 Å². The highest BCUT2D eigenvalue weighted by Crippen LogP contribution is 2.11. The van der Waals surface area contributed by atoms with Crippen molar-refractivity contribution in [3.63, 3.8) is 0 Å². The smallest absolute Gasteiger partial charge is 0.213 e. The molecule has 0 fully saturated rings. The van der Waals surface area contributed by atoms with E-state index >= 15 is 0 Å². The molecule has 1 N–H and O–H groups in total. The molecule has 2 rings (SSSR count). The minimum absolute atomic E-state index is 0.669. The van der Waals surface area contributed by atoms with E-state index in [-0.39, 0.29) is 0 Å². The summed E-state index contributed by atoms with van der Waals surface area (Å²) >= 11 is 1.76. The number of hydrogen-bond donors (Lipinski definition) is 1. The molecule has 0 spiro atoms. The van der Waals surface area contributed by atoms with Gasteiger partial charge in [0.05, 0.1) is 6.61 Å². The summed E-state index contributed by atoms with van der Waals surface area (Å²) in [6.07, 6.45) is 2.82. The van der Waals surface area contributed by atoms with E-state index in [1.165, 1.54) is 10.4 Å². The van der Waals surface area contributed by atoms with Gasteiger partial charge >= 0.3 is 0 Å². The van der Waals surface area contributed by atoms with Crippen LogP contribution in [0.25, 0.3) is 0 Å². The highest BCUT2D eigenvalue weighted by molar-refractivity contribution is 7.09. The van der Waals surface area contributed by atoms with Crippen molar-refractivity contribution in [1.29, 1.82) is 0 Å². The number of pyridine rings is 1. The minimum Gasteiger partial charge on any atom is -0.477 e. The lowest BCUT2D eigenvalue weighted by atomic mass is 10.2. The lowest BCUT2D eigenvalue weighted by molar-refractivity contribution is 0.310. The molecule has 0 aromatic carbocycles. The molecule has 0 radical (unpaired) electrons. The number of hydrogen-bond acceptors (Lipinski definition) is 4. The van der Waals surface area contributed by atoms with Crippen LogP contribution in [0.15, 0.2) is 35.8 Å². The lowest BCUT2D eigenvalue weighted by Gasteiger charge is -2.08. The second-order valence-corrected chi connectivity index (χ2v) is 6.24. The van der Waals surface area contributed by atoms with E-state index in [2.05, 4.69) is 47.7 Å². The predicted molar refractivity (Wildman–Crippen MR) is 84.3 cm³/mol. The zero-order valence-corrected chi connectivity index (χ0v) is 13.0. The van der Waals surface area contributed by atoms with Crippen molar-refractivity contribution >= 4 is 11.3 Å². The molecule has 2 heterocycles. The fourth-order valence-electron chi connectivity index (χ4n) is 1.82. The molecule has 20 heavy (non-hydrogen) atoms. The topological polar surface area (TPSA) is 34.1 Å². The molecule has 4 heteroatoms. The maximum Gasteiger partial charge on any atom is 0.213 e. The summed E-state index contributed by atoms with van der Waals surface area (Å²) in [6, 6.07) is 8.21. The maximum atomic E-state index is 5.65. The van der Waals surface area contributed by atoms with Crippen molar-refractivity contribution in [2.45, 2.75) is 26.8 Å². The Morgan fingerprint density at radius 3 is 2.85 bits per heavy atom. The van der Waals surface area contributed by atoms with Crippen molar-refractivity contribution in [2.24, 2.45) is 5.92 Å². The second-order valence-electron chi connectivity index (χ2n) is 5.21. The molecule has 0 amide bonds. The Balaban J connectivity index is 1.71. The molecule has 0 atom stereocenters. The van der Waals surface area contributed by atoms with E-state index in [0.29, 0.717) is 18.4 Å². The average Bonchev–Trinajstić information content (AvgIpc) is 2.93. The van der Waals surface area contributed by atoms with E-state index < -0.39 is 0 Å². The van der Waals surface area contributed by atoms with E-state index in [4.69, 9.17) is 4.74 Å². The molecule has 108 valence electrons. The van der Waals surface area contributed by atoms with Crippen LogP contribution >= 0.6 is 11.3 Å². The fraction of sp³-hybridized carbons (Fsp3) is 0.438. The summed E-state index contributed by atoms with van der Waals surface area (Å²) < 4.78 is 5.65. The number of nitrogens with one attached hydrogen (secondary N) is 1. The van der Waals surface area contributed by atoms with E-state index in [9.17, 15) is 0 Å². The Morgan fingerprint density at radius 2 is 2.20 bits per heavy atom. The first-order chi connectivity index (χ1) is 9.74. The van der Waals surface area contributed by atoms with Gasteiger partial charge in [-0.2, -0.15) is 0 Å². The maximum absolute atomic E-state index is 5.65. The first kappa shape index (κ1) is 15.0. The summed E-state index contributed by atoms with van der Waals surface area (Å²) in [7, 11) is 0. The quantitative estimate of drug-likeness (QED) is 0.808. The zero-order valence-electron chi connectivity index (χ0n) is 12.1. The van der Waals surface area contributed by atoms with Crippen LogP contribution in [0.4, 0.5) is 0 Å². The van der Waals surface area contributed by atoms with E-state index in [0.717, 1.165) is 19.5 Å². The van der Waals surface area contributed by atoms with Crippen molar-refractivity contribution in [3.05, 3.63) is 46.3 Å². The van der Waals surface area contributed by atoms with Crippen molar-refractivity contribution in [1.82, 2.24) is 10.3 Å². The first-order valence-corrected chi connectivity index (χ1v) is 7.93. The third-order valence-electron chi connectivity index (χ3n) is 2.86.